The Morgan fingerprint density at radius 3 is 2.74 bits per heavy atom. The van der Waals surface area contributed by atoms with Crippen molar-refractivity contribution < 1.29 is 19.0 Å². The van der Waals surface area contributed by atoms with E-state index in [0.717, 1.165) is 12.8 Å². The van der Waals surface area contributed by atoms with Crippen LogP contribution in [0, 0.1) is 11.7 Å². The topological polar surface area (TPSA) is 46.5 Å². The predicted octanol–water partition coefficient (Wildman–Crippen LogP) is 3.59. The first kappa shape index (κ1) is 14.3. The maximum Gasteiger partial charge on any atom is 0.303 e. The largest absolute Gasteiger partial charge is 0.481 e. The minimum atomic E-state index is -0.866. The maximum absolute atomic E-state index is 14.0. The fourth-order valence-electron chi connectivity index (χ4n) is 2.36. The van der Waals surface area contributed by atoms with Crippen LogP contribution in [-0.2, 0) is 16.1 Å². The van der Waals surface area contributed by atoms with Crippen molar-refractivity contribution in [2.24, 2.45) is 5.92 Å². The molecule has 2 rings (SSSR count). The van der Waals surface area contributed by atoms with Gasteiger partial charge in [-0.2, -0.15) is 0 Å². The molecule has 1 aromatic carbocycles. The molecule has 1 atom stereocenters. The molecule has 0 spiro atoms. The molecule has 1 aliphatic rings. The highest BCUT2D eigenvalue weighted by molar-refractivity contribution is 6.31. The molecule has 3 nitrogen and oxygen atoms in total. The summed E-state index contributed by atoms with van der Waals surface area (Å²) in [5, 5.41) is 9.25. The number of carboxylic acid groups (broad SMARTS) is 1. The van der Waals surface area contributed by atoms with Crippen LogP contribution in [0.25, 0.3) is 0 Å². The number of benzene rings is 1. The van der Waals surface area contributed by atoms with Crippen LogP contribution in [0.3, 0.4) is 0 Å². The van der Waals surface area contributed by atoms with E-state index in [1.165, 1.54) is 13.2 Å². The summed E-state index contributed by atoms with van der Waals surface area (Å²) < 4.78 is 18.9. The van der Waals surface area contributed by atoms with Gasteiger partial charge in [-0.1, -0.05) is 11.6 Å². The van der Waals surface area contributed by atoms with Gasteiger partial charge in [0.25, 0.3) is 0 Å². The van der Waals surface area contributed by atoms with E-state index >= 15 is 0 Å². The van der Waals surface area contributed by atoms with Crippen LogP contribution < -0.4 is 0 Å². The van der Waals surface area contributed by atoms with Gasteiger partial charge < -0.3 is 9.84 Å². The van der Waals surface area contributed by atoms with E-state index in [1.807, 2.05) is 0 Å². The lowest BCUT2D eigenvalue weighted by Crippen LogP contribution is -2.09. The number of carboxylic acids is 1. The third kappa shape index (κ3) is 3.45. The van der Waals surface area contributed by atoms with E-state index in [-0.39, 0.29) is 18.9 Å². The van der Waals surface area contributed by atoms with Gasteiger partial charge in [0.1, 0.15) is 5.82 Å². The van der Waals surface area contributed by atoms with Crippen molar-refractivity contribution >= 4 is 17.6 Å². The lowest BCUT2D eigenvalue weighted by atomic mass is 9.90. The molecule has 1 aromatic rings. The zero-order valence-electron chi connectivity index (χ0n) is 10.7. The number of aliphatic carboxylic acids is 1. The van der Waals surface area contributed by atoms with E-state index in [1.54, 1.807) is 6.07 Å². The summed E-state index contributed by atoms with van der Waals surface area (Å²) in [4.78, 5) is 10.9. The Hall–Kier alpha value is -1.13. The monoisotopic (exact) mass is 286 g/mol. The summed E-state index contributed by atoms with van der Waals surface area (Å²) >= 11 is 6.05. The van der Waals surface area contributed by atoms with Gasteiger partial charge >= 0.3 is 5.97 Å². The molecule has 0 heterocycles. The van der Waals surface area contributed by atoms with Gasteiger partial charge in [0.15, 0.2) is 0 Å². The number of carbonyl (C=O) groups is 1. The van der Waals surface area contributed by atoms with Crippen molar-refractivity contribution in [2.75, 3.05) is 7.11 Å². The Morgan fingerprint density at radius 1 is 1.58 bits per heavy atom. The van der Waals surface area contributed by atoms with Crippen LogP contribution in [0.1, 0.15) is 36.3 Å². The molecular formula is C14H16ClFO3. The molecule has 1 aliphatic carbocycles. The number of methoxy groups -OCH3 is 1. The molecule has 1 N–H and O–H groups in total. The van der Waals surface area contributed by atoms with Crippen molar-refractivity contribution in [3.63, 3.8) is 0 Å². The second-order valence-corrected chi connectivity index (χ2v) is 5.35. The number of hydrogen-bond acceptors (Lipinski definition) is 2. The number of halogens is 2. The smallest absolute Gasteiger partial charge is 0.303 e. The first-order valence-corrected chi connectivity index (χ1v) is 6.59. The fraction of sp³-hybridized carbons (Fsp3) is 0.500. The Labute approximate surface area is 116 Å². The highest BCUT2D eigenvalue weighted by Gasteiger charge is 2.34. The molecule has 0 aromatic heterocycles. The van der Waals surface area contributed by atoms with Gasteiger partial charge in [-0.15, -0.1) is 0 Å². The number of rotatable bonds is 6. The van der Waals surface area contributed by atoms with Gasteiger partial charge in [0.05, 0.1) is 13.0 Å². The molecule has 104 valence electrons. The highest BCUT2D eigenvalue weighted by Crippen LogP contribution is 2.45. The molecule has 19 heavy (non-hydrogen) atoms. The fourth-order valence-corrected chi connectivity index (χ4v) is 2.63. The lowest BCUT2D eigenvalue weighted by Gasteiger charge is -2.16. The van der Waals surface area contributed by atoms with Crippen LogP contribution >= 0.6 is 11.6 Å². The quantitative estimate of drug-likeness (QED) is 0.869. The Bertz CT molecular complexity index is 463. The summed E-state index contributed by atoms with van der Waals surface area (Å²) in [6.07, 6.45) is 2.01. The van der Waals surface area contributed by atoms with Crippen LogP contribution in [-0.4, -0.2) is 18.2 Å². The summed E-state index contributed by atoms with van der Waals surface area (Å²) in [7, 11) is 1.47. The van der Waals surface area contributed by atoms with E-state index in [2.05, 4.69) is 0 Å². The molecule has 0 amide bonds. The summed E-state index contributed by atoms with van der Waals surface area (Å²) in [6, 6.07) is 3.07. The third-order valence-electron chi connectivity index (χ3n) is 3.47. The second-order valence-electron chi connectivity index (χ2n) is 4.94. The van der Waals surface area contributed by atoms with Crippen LogP contribution in [0.5, 0.6) is 0 Å². The summed E-state index contributed by atoms with van der Waals surface area (Å²) in [5.41, 5.74) is 0.991. The average Bonchev–Trinajstić information content (AvgIpc) is 3.14. The van der Waals surface area contributed by atoms with E-state index in [0.29, 0.717) is 22.1 Å². The van der Waals surface area contributed by atoms with Crippen molar-refractivity contribution in [1.29, 1.82) is 0 Å². The third-order valence-corrected chi connectivity index (χ3v) is 3.80. The maximum atomic E-state index is 14.0. The summed E-state index contributed by atoms with van der Waals surface area (Å²) in [5.74, 6) is -1.12. The normalized spacial score (nSPS) is 16.4. The van der Waals surface area contributed by atoms with Crippen molar-refractivity contribution in [3.8, 4) is 0 Å². The second kappa shape index (κ2) is 5.88. The van der Waals surface area contributed by atoms with Gasteiger partial charge in [0.2, 0.25) is 0 Å². The SMILES string of the molecule is COCc1c(F)cc(C(CC(=O)O)C2CC2)cc1Cl. The number of hydrogen-bond donors (Lipinski definition) is 1. The summed E-state index contributed by atoms with van der Waals surface area (Å²) in [6.45, 7) is 0.109. The molecule has 0 saturated heterocycles. The molecule has 1 unspecified atom stereocenters. The standard InChI is InChI=1S/C14H16ClFO3/c1-19-7-11-12(15)4-9(5-13(11)16)10(6-14(17)18)8-2-3-8/h4-5,8,10H,2-3,6-7H2,1H3,(H,17,18). The molecular weight excluding hydrogens is 271 g/mol. The molecule has 0 bridgehead atoms. The minimum Gasteiger partial charge on any atom is -0.481 e. The van der Waals surface area contributed by atoms with Gasteiger partial charge in [-0.05, 0) is 42.4 Å². The molecule has 0 radical (unpaired) electrons. The number of ether oxygens (including phenoxy) is 1. The average molecular weight is 287 g/mol. The van der Waals surface area contributed by atoms with Crippen molar-refractivity contribution in [1.82, 2.24) is 0 Å². The van der Waals surface area contributed by atoms with E-state index in [4.69, 9.17) is 21.4 Å². The zero-order valence-corrected chi connectivity index (χ0v) is 11.4. The van der Waals surface area contributed by atoms with Gasteiger partial charge in [-0.25, -0.2) is 4.39 Å². The van der Waals surface area contributed by atoms with Crippen molar-refractivity contribution in [3.05, 3.63) is 34.1 Å². The highest BCUT2D eigenvalue weighted by atomic mass is 35.5. The predicted molar refractivity (Wildman–Crippen MR) is 69.8 cm³/mol. The Kier molecular flexibility index (Phi) is 4.42. The van der Waals surface area contributed by atoms with Crippen LogP contribution in [0.2, 0.25) is 5.02 Å². The lowest BCUT2D eigenvalue weighted by molar-refractivity contribution is -0.137. The Balaban J connectivity index is 2.30. The van der Waals surface area contributed by atoms with Crippen LogP contribution in [0.4, 0.5) is 4.39 Å². The molecule has 1 fully saturated rings. The first-order chi connectivity index (χ1) is 9.02. The van der Waals surface area contributed by atoms with Crippen molar-refractivity contribution in [2.45, 2.75) is 31.8 Å². The van der Waals surface area contributed by atoms with Gasteiger partial charge in [-0.3, -0.25) is 4.79 Å². The minimum absolute atomic E-state index is 0.0179. The molecule has 0 aliphatic heterocycles. The van der Waals surface area contributed by atoms with Crippen LogP contribution in [0.15, 0.2) is 12.1 Å². The van der Waals surface area contributed by atoms with Gasteiger partial charge in [0, 0.05) is 17.7 Å². The van der Waals surface area contributed by atoms with E-state index < -0.39 is 11.8 Å². The molecule has 1 saturated carbocycles. The zero-order chi connectivity index (χ0) is 14.0. The first-order valence-electron chi connectivity index (χ1n) is 6.21. The molecule has 5 heteroatoms. The Morgan fingerprint density at radius 2 is 2.26 bits per heavy atom. The van der Waals surface area contributed by atoms with E-state index in [9.17, 15) is 9.18 Å².